The number of fused-ring (bicyclic) bond motifs is 4. The Morgan fingerprint density at radius 1 is 1.32 bits per heavy atom. The molecule has 2 amide bonds. The number of amides is 2. The molecule has 0 spiro atoms. The molecule has 28 heavy (non-hydrogen) atoms. The highest BCUT2D eigenvalue weighted by Crippen LogP contribution is 2.41. The molecule has 4 rings (SSSR count). The van der Waals surface area contributed by atoms with E-state index in [1.807, 2.05) is 0 Å². The van der Waals surface area contributed by atoms with E-state index in [1.54, 1.807) is 13.8 Å². The number of rotatable bonds is 5. The van der Waals surface area contributed by atoms with Crippen LogP contribution in [-0.4, -0.2) is 76.7 Å². The van der Waals surface area contributed by atoms with Gasteiger partial charge >= 0.3 is 0 Å². The summed E-state index contributed by atoms with van der Waals surface area (Å²) in [7, 11) is 0. The summed E-state index contributed by atoms with van der Waals surface area (Å²) in [6.45, 7) is 6.57. The number of likely N-dealkylation sites (tertiary alicyclic amines) is 1. The quantitative estimate of drug-likeness (QED) is 0.769. The van der Waals surface area contributed by atoms with Gasteiger partial charge in [-0.05, 0) is 44.9 Å². The third-order valence-corrected chi connectivity index (χ3v) is 6.72. The Balaban J connectivity index is 1.53. The first-order valence-electron chi connectivity index (χ1n) is 10.3. The lowest BCUT2D eigenvalue weighted by atomic mass is 9.72. The van der Waals surface area contributed by atoms with Gasteiger partial charge in [0.05, 0.1) is 18.3 Å². The molecule has 0 aliphatic carbocycles. The minimum Gasteiger partial charge on any atom is -0.395 e. The van der Waals surface area contributed by atoms with E-state index in [-0.39, 0.29) is 30.5 Å². The van der Waals surface area contributed by atoms with Crippen molar-refractivity contribution in [3.8, 4) is 0 Å². The molecule has 0 unspecified atom stereocenters. The molecule has 1 aromatic heterocycles. The van der Waals surface area contributed by atoms with Gasteiger partial charge in [-0.2, -0.15) is 0 Å². The van der Waals surface area contributed by atoms with Crippen LogP contribution in [0.5, 0.6) is 0 Å². The van der Waals surface area contributed by atoms with E-state index in [9.17, 15) is 14.7 Å². The number of carbonyl (C=O) groups is 2. The lowest BCUT2D eigenvalue weighted by molar-refractivity contribution is -0.152. The number of aryl methyl sites for hydroxylation is 2. The second-order valence-corrected chi connectivity index (χ2v) is 8.48. The highest BCUT2D eigenvalue weighted by molar-refractivity contribution is 5.96. The summed E-state index contributed by atoms with van der Waals surface area (Å²) in [4.78, 5) is 29.9. The van der Waals surface area contributed by atoms with Crippen LogP contribution in [0.3, 0.4) is 0 Å². The minimum absolute atomic E-state index is 0.0000321. The van der Waals surface area contributed by atoms with E-state index in [1.165, 1.54) is 0 Å². The number of hydrogen-bond donors (Lipinski definition) is 2. The van der Waals surface area contributed by atoms with Crippen molar-refractivity contribution < 1.29 is 19.2 Å². The number of aliphatic hydroxyl groups excluding tert-OH is 1. The maximum absolute atomic E-state index is 12.8. The Morgan fingerprint density at radius 2 is 2.11 bits per heavy atom. The molecule has 8 nitrogen and oxygen atoms in total. The lowest BCUT2D eigenvalue weighted by Gasteiger charge is -2.56. The number of aromatic nitrogens is 1. The molecule has 0 saturated carbocycles. The van der Waals surface area contributed by atoms with Crippen LogP contribution in [-0.2, 0) is 4.79 Å². The van der Waals surface area contributed by atoms with E-state index >= 15 is 0 Å². The zero-order valence-electron chi connectivity index (χ0n) is 16.7. The molecule has 3 saturated heterocycles. The smallest absolute Gasteiger partial charge is 0.256 e. The van der Waals surface area contributed by atoms with Crippen molar-refractivity contribution in [2.45, 2.75) is 51.6 Å². The third kappa shape index (κ3) is 3.43. The van der Waals surface area contributed by atoms with Crippen molar-refractivity contribution in [1.29, 1.82) is 0 Å². The molecule has 2 N–H and O–H groups in total. The Hall–Kier alpha value is -1.93. The zero-order chi connectivity index (χ0) is 19.8. The van der Waals surface area contributed by atoms with Gasteiger partial charge in [0, 0.05) is 38.6 Å². The maximum atomic E-state index is 12.8. The first kappa shape index (κ1) is 19.4. The van der Waals surface area contributed by atoms with Gasteiger partial charge < -0.3 is 24.7 Å². The van der Waals surface area contributed by atoms with Crippen LogP contribution in [0.25, 0.3) is 0 Å². The lowest BCUT2D eigenvalue weighted by Crippen LogP contribution is -2.67. The molecule has 2 bridgehead atoms. The molecule has 4 heterocycles. The second kappa shape index (κ2) is 7.83. The maximum Gasteiger partial charge on any atom is 0.256 e. The van der Waals surface area contributed by atoms with Crippen molar-refractivity contribution in [2.75, 3.05) is 32.8 Å². The first-order valence-corrected chi connectivity index (χ1v) is 10.3. The number of piperidine rings is 3. The van der Waals surface area contributed by atoms with E-state index < -0.39 is 0 Å². The van der Waals surface area contributed by atoms with Crippen LogP contribution < -0.4 is 5.32 Å². The van der Waals surface area contributed by atoms with Gasteiger partial charge in [0.25, 0.3) is 5.91 Å². The summed E-state index contributed by atoms with van der Waals surface area (Å²) in [5.41, 5.74) is 1.07. The summed E-state index contributed by atoms with van der Waals surface area (Å²) in [6.07, 6.45) is 3.66. The molecule has 4 atom stereocenters. The number of nitrogens with zero attached hydrogens (tertiary/aromatic N) is 3. The van der Waals surface area contributed by atoms with E-state index in [2.05, 4.69) is 20.3 Å². The van der Waals surface area contributed by atoms with Crippen molar-refractivity contribution >= 4 is 11.8 Å². The summed E-state index contributed by atoms with van der Waals surface area (Å²) in [5.74, 6) is 1.32. The Labute approximate surface area is 165 Å². The molecule has 154 valence electrons. The normalized spacial score (nSPS) is 30.2. The molecule has 0 radical (unpaired) electrons. The van der Waals surface area contributed by atoms with Crippen LogP contribution >= 0.6 is 0 Å². The topological polar surface area (TPSA) is 98.9 Å². The Bertz CT molecular complexity index is 727. The highest BCUT2D eigenvalue weighted by Gasteiger charge is 2.49. The molecule has 8 heteroatoms. The summed E-state index contributed by atoms with van der Waals surface area (Å²) < 4.78 is 5.11. The van der Waals surface area contributed by atoms with Gasteiger partial charge in [-0.25, -0.2) is 0 Å². The van der Waals surface area contributed by atoms with Gasteiger partial charge in [-0.15, -0.1) is 0 Å². The number of nitrogens with one attached hydrogen (secondary N) is 1. The summed E-state index contributed by atoms with van der Waals surface area (Å²) in [6, 6.07) is 0.250. The SMILES string of the molecule is Cc1noc(C)c1C(=O)NC[C@H]1[C@H]2C[C@@H](CN(CCO)C2)[C@@H]2CCCC(=O)N21. The number of hydrogen-bond acceptors (Lipinski definition) is 6. The fourth-order valence-corrected chi connectivity index (χ4v) is 5.55. The van der Waals surface area contributed by atoms with Crippen LogP contribution in [0.1, 0.15) is 47.5 Å². The molecule has 3 aliphatic heterocycles. The molecule has 1 aromatic rings. The minimum atomic E-state index is -0.192. The van der Waals surface area contributed by atoms with E-state index in [4.69, 9.17) is 4.52 Å². The average Bonchev–Trinajstić information content (AvgIpc) is 3.00. The van der Waals surface area contributed by atoms with E-state index in [0.717, 1.165) is 32.4 Å². The standard InChI is InChI=1S/C20H30N4O4/c1-12-19(13(2)28-22-12)20(27)21-9-17-15-8-14(10-23(11-15)6-7-25)16-4-3-5-18(26)24(16)17/h14-17,25H,3-11H2,1-2H3,(H,21,27)/t14-,15-,16-,17-/m0/s1. The van der Waals surface area contributed by atoms with Crippen molar-refractivity contribution in [2.24, 2.45) is 11.8 Å². The second-order valence-electron chi connectivity index (χ2n) is 8.48. The fraction of sp³-hybridized carbons (Fsp3) is 0.750. The van der Waals surface area contributed by atoms with Gasteiger partial charge in [0.1, 0.15) is 11.3 Å². The van der Waals surface area contributed by atoms with Crippen LogP contribution in [0.4, 0.5) is 0 Å². The van der Waals surface area contributed by atoms with Gasteiger partial charge in [0.2, 0.25) is 5.91 Å². The average molecular weight is 390 g/mol. The summed E-state index contributed by atoms with van der Waals surface area (Å²) >= 11 is 0. The molecular weight excluding hydrogens is 360 g/mol. The monoisotopic (exact) mass is 390 g/mol. The first-order chi connectivity index (χ1) is 13.5. The largest absolute Gasteiger partial charge is 0.395 e. The Morgan fingerprint density at radius 3 is 2.82 bits per heavy atom. The van der Waals surface area contributed by atoms with Crippen LogP contribution in [0.2, 0.25) is 0 Å². The van der Waals surface area contributed by atoms with Crippen molar-refractivity contribution in [1.82, 2.24) is 20.3 Å². The van der Waals surface area contributed by atoms with Crippen molar-refractivity contribution in [3.05, 3.63) is 17.0 Å². The number of aliphatic hydroxyl groups is 1. The van der Waals surface area contributed by atoms with Gasteiger partial charge in [-0.1, -0.05) is 5.16 Å². The van der Waals surface area contributed by atoms with E-state index in [0.29, 0.717) is 48.4 Å². The zero-order valence-corrected chi connectivity index (χ0v) is 16.7. The van der Waals surface area contributed by atoms with Gasteiger partial charge in [-0.3, -0.25) is 9.59 Å². The molecule has 3 aliphatic rings. The molecule has 0 aromatic carbocycles. The van der Waals surface area contributed by atoms with Crippen molar-refractivity contribution in [3.63, 3.8) is 0 Å². The third-order valence-electron chi connectivity index (χ3n) is 6.72. The highest BCUT2D eigenvalue weighted by atomic mass is 16.5. The molecular formula is C20H30N4O4. The van der Waals surface area contributed by atoms with Crippen LogP contribution in [0, 0.1) is 25.7 Å². The number of β-amino-alcohol motifs (C(OH)–C–C–N with tert-alkyl or cyclic N) is 1. The Kier molecular flexibility index (Phi) is 5.42. The summed E-state index contributed by atoms with van der Waals surface area (Å²) in [5, 5.41) is 16.3. The van der Waals surface area contributed by atoms with Crippen LogP contribution in [0.15, 0.2) is 4.52 Å². The molecule has 3 fully saturated rings. The predicted molar refractivity (Wildman–Crippen MR) is 102 cm³/mol. The predicted octanol–water partition coefficient (Wildman–Crippen LogP) is 0.715. The van der Waals surface area contributed by atoms with Gasteiger partial charge in [0.15, 0.2) is 0 Å². The fourth-order valence-electron chi connectivity index (χ4n) is 5.55. The number of carbonyl (C=O) groups excluding carboxylic acids is 2.